The van der Waals surface area contributed by atoms with E-state index in [1.54, 1.807) is 18.2 Å². The topological polar surface area (TPSA) is 85.1 Å². The van der Waals surface area contributed by atoms with Gasteiger partial charge in [0.1, 0.15) is 6.04 Å². The zero-order valence-electron chi connectivity index (χ0n) is 25.1. The van der Waals surface area contributed by atoms with Gasteiger partial charge in [0.05, 0.1) is 0 Å². The maximum absolute atomic E-state index is 13.9. The Morgan fingerprint density at radius 1 is 0.976 bits per heavy atom. The van der Waals surface area contributed by atoms with E-state index in [0.29, 0.717) is 47.1 Å². The van der Waals surface area contributed by atoms with Crippen LogP contribution in [-0.2, 0) is 16.0 Å². The van der Waals surface area contributed by atoms with Crippen LogP contribution in [0.15, 0.2) is 48.5 Å². The number of likely N-dealkylation sites (tertiary alicyclic amines) is 1. The molecule has 8 nitrogen and oxygen atoms in total. The van der Waals surface area contributed by atoms with E-state index in [0.717, 1.165) is 51.1 Å². The van der Waals surface area contributed by atoms with E-state index >= 15 is 0 Å². The largest absolute Gasteiger partial charge is 0.344 e. The first-order chi connectivity index (χ1) is 20.1. The predicted octanol–water partition coefficient (Wildman–Crippen LogP) is 4.22. The minimum absolute atomic E-state index is 0.0331. The molecule has 3 N–H and O–H groups in total. The van der Waals surface area contributed by atoms with Gasteiger partial charge in [-0.25, -0.2) is 10.0 Å². The van der Waals surface area contributed by atoms with Crippen molar-refractivity contribution in [2.24, 2.45) is 11.7 Å². The smallest absolute Gasteiger partial charge is 0.245 e. The third kappa shape index (κ3) is 9.15. The van der Waals surface area contributed by atoms with E-state index in [9.17, 15) is 9.59 Å². The van der Waals surface area contributed by atoms with Gasteiger partial charge in [-0.1, -0.05) is 67.4 Å². The molecule has 2 heterocycles. The Balaban J connectivity index is 1.42. The van der Waals surface area contributed by atoms with E-state index < -0.39 is 12.1 Å². The van der Waals surface area contributed by atoms with E-state index in [4.69, 9.17) is 28.9 Å². The minimum Gasteiger partial charge on any atom is -0.344 e. The van der Waals surface area contributed by atoms with Crippen molar-refractivity contribution in [3.05, 3.63) is 69.7 Å². The van der Waals surface area contributed by atoms with Gasteiger partial charge in [-0.2, -0.15) is 0 Å². The van der Waals surface area contributed by atoms with Gasteiger partial charge >= 0.3 is 0 Å². The molecule has 4 rings (SSSR count). The second-order valence-electron chi connectivity index (χ2n) is 12.1. The number of benzene rings is 2. The van der Waals surface area contributed by atoms with Crippen molar-refractivity contribution in [3.63, 3.8) is 0 Å². The van der Waals surface area contributed by atoms with Gasteiger partial charge in [-0.15, -0.1) is 0 Å². The van der Waals surface area contributed by atoms with Gasteiger partial charge in [0.15, 0.2) is 0 Å². The molecule has 0 aromatic heterocycles. The van der Waals surface area contributed by atoms with Crippen LogP contribution in [0.1, 0.15) is 50.3 Å². The molecule has 0 unspecified atom stereocenters. The average Bonchev–Trinajstić information content (AvgIpc) is 2.97. The van der Waals surface area contributed by atoms with Crippen LogP contribution in [0.25, 0.3) is 0 Å². The lowest BCUT2D eigenvalue weighted by Gasteiger charge is -2.47. The second-order valence-corrected chi connectivity index (χ2v) is 13.0. The van der Waals surface area contributed by atoms with Crippen LogP contribution in [0.4, 0.5) is 0 Å². The van der Waals surface area contributed by atoms with Crippen LogP contribution in [0.3, 0.4) is 0 Å². The van der Waals surface area contributed by atoms with E-state index in [1.807, 2.05) is 35.2 Å². The summed E-state index contributed by atoms with van der Waals surface area (Å²) >= 11 is 12.4. The maximum Gasteiger partial charge on any atom is 0.245 e. The van der Waals surface area contributed by atoms with Crippen LogP contribution in [0, 0.1) is 5.92 Å². The Hall–Kier alpha value is -2.20. The summed E-state index contributed by atoms with van der Waals surface area (Å²) < 4.78 is 0. The van der Waals surface area contributed by atoms with Gasteiger partial charge in [-0.05, 0) is 55.1 Å². The number of rotatable bonds is 11. The number of nitrogens with zero attached hydrogens (tertiary/aromatic N) is 4. The highest BCUT2D eigenvalue weighted by Crippen LogP contribution is 2.24. The van der Waals surface area contributed by atoms with Crippen molar-refractivity contribution in [1.82, 2.24) is 25.1 Å². The highest BCUT2D eigenvalue weighted by molar-refractivity contribution is 6.31. The van der Waals surface area contributed by atoms with Crippen LogP contribution < -0.4 is 11.1 Å². The Bertz CT molecular complexity index is 1160. The molecule has 2 aliphatic rings. The lowest BCUT2D eigenvalue weighted by molar-refractivity contribution is -0.140. The van der Waals surface area contributed by atoms with Crippen LogP contribution in [0.2, 0.25) is 10.0 Å². The van der Waals surface area contributed by atoms with Gasteiger partial charge in [0, 0.05) is 80.8 Å². The normalized spacial score (nSPS) is 18.8. The Labute approximate surface area is 261 Å². The summed E-state index contributed by atoms with van der Waals surface area (Å²) in [6, 6.07) is 13.8. The molecule has 2 aliphatic heterocycles. The number of hydrogen-bond acceptors (Lipinski definition) is 6. The zero-order valence-corrected chi connectivity index (χ0v) is 26.7. The predicted molar refractivity (Wildman–Crippen MR) is 170 cm³/mol. The molecule has 2 fully saturated rings. The Morgan fingerprint density at radius 2 is 1.62 bits per heavy atom. The molecule has 2 saturated heterocycles. The molecule has 0 radical (unpaired) electrons. The molecular formula is C32H46Cl2N6O2. The van der Waals surface area contributed by atoms with Gasteiger partial charge in [0.25, 0.3) is 0 Å². The molecule has 0 spiro atoms. The maximum atomic E-state index is 13.9. The average molecular weight is 618 g/mol. The van der Waals surface area contributed by atoms with Gasteiger partial charge in [-0.3, -0.25) is 9.59 Å². The van der Waals surface area contributed by atoms with Gasteiger partial charge in [0.2, 0.25) is 11.8 Å². The van der Waals surface area contributed by atoms with E-state index in [2.05, 4.69) is 41.1 Å². The summed E-state index contributed by atoms with van der Waals surface area (Å²) in [5, 5.41) is 9.25. The van der Waals surface area contributed by atoms with Crippen molar-refractivity contribution in [2.75, 3.05) is 52.9 Å². The number of amides is 2. The molecule has 2 aromatic carbocycles. The number of piperazine rings is 1. The summed E-state index contributed by atoms with van der Waals surface area (Å²) in [4.78, 5) is 31.4. The fourth-order valence-electron chi connectivity index (χ4n) is 5.92. The number of carbonyl (C=O) groups excluding carboxylic acids is 2. The third-order valence-electron chi connectivity index (χ3n) is 8.29. The summed E-state index contributed by atoms with van der Waals surface area (Å²) in [5.74, 6) is 0.223. The highest BCUT2D eigenvalue weighted by Gasteiger charge is 2.34. The molecule has 2 atom stereocenters. The lowest BCUT2D eigenvalue weighted by Crippen LogP contribution is -2.60. The van der Waals surface area contributed by atoms with Crippen molar-refractivity contribution < 1.29 is 9.59 Å². The number of hydrazine groups is 1. The quantitative estimate of drug-likeness (QED) is 0.393. The first-order valence-corrected chi connectivity index (χ1v) is 15.9. The molecule has 2 amide bonds. The second kappa shape index (κ2) is 15.5. The molecule has 0 saturated carbocycles. The van der Waals surface area contributed by atoms with Crippen molar-refractivity contribution >= 4 is 35.0 Å². The summed E-state index contributed by atoms with van der Waals surface area (Å²) in [6.45, 7) is 11.1. The van der Waals surface area contributed by atoms with Crippen molar-refractivity contribution in [2.45, 2.75) is 57.7 Å². The fraction of sp³-hybridized carbons (Fsp3) is 0.562. The molecule has 42 heavy (non-hydrogen) atoms. The molecular weight excluding hydrogens is 571 g/mol. The summed E-state index contributed by atoms with van der Waals surface area (Å²) in [7, 11) is 2.18. The van der Waals surface area contributed by atoms with E-state index in [1.165, 1.54) is 0 Å². The minimum atomic E-state index is -0.696. The number of nitrogens with one attached hydrogen (secondary N) is 1. The molecule has 230 valence electrons. The van der Waals surface area contributed by atoms with Crippen LogP contribution >= 0.6 is 23.2 Å². The third-order valence-corrected chi connectivity index (χ3v) is 8.89. The number of piperidine rings is 1. The number of carbonyl (C=O) groups is 2. The van der Waals surface area contributed by atoms with Crippen LogP contribution in [-0.4, -0.2) is 96.6 Å². The van der Waals surface area contributed by atoms with E-state index in [-0.39, 0.29) is 18.2 Å². The number of nitrogens with two attached hydrogens (primary N) is 1. The molecule has 10 heteroatoms. The molecule has 0 aliphatic carbocycles. The highest BCUT2D eigenvalue weighted by atomic mass is 35.5. The van der Waals surface area contributed by atoms with Crippen molar-refractivity contribution in [1.29, 1.82) is 0 Å². The number of halogens is 2. The molecule has 0 bridgehead atoms. The summed E-state index contributed by atoms with van der Waals surface area (Å²) in [6.07, 6.45) is 2.22. The SMILES string of the molecule is CC(C)CN(C1CCN(C(=O)[C@@H](Cc2ccc(Cl)cc2)NC(=O)C[C@@H](N)c2ccccc2Cl)CC1)N1CCN(C)CC1. The fourth-order valence-corrected chi connectivity index (χ4v) is 6.32. The lowest BCUT2D eigenvalue weighted by atomic mass is 9.99. The number of hydrogen-bond donors (Lipinski definition) is 2. The first kappa shape index (κ1) is 32.7. The van der Waals surface area contributed by atoms with Crippen LogP contribution in [0.5, 0.6) is 0 Å². The zero-order chi connectivity index (χ0) is 30.2. The Morgan fingerprint density at radius 3 is 2.24 bits per heavy atom. The Kier molecular flexibility index (Phi) is 12.1. The standard InChI is InChI=1S/C32H46Cl2N6O2/c1-23(2)22-40(39-18-16-37(3)17-19-39)26-12-14-38(15-13-26)32(42)30(20-24-8-10-25(33)11-9-24)36-31(41)21-29(35)27-6-4-5-7-28(27)34/h4-11,23,26,29-30H,12-22,35H2,1-3H3,(H,36,41)/t29-,30-/m1/s1. The van der Waals surface area contributed by atoms with Gasteiger partial charge < -0.3 is 20.9 Å². The number of likely N-dealkylation sites (N-methyl/N-ethyl adjacent to an activating group) is 1. The monoisotopic (exact) mass is 616 g/mol. The molecule has 2 aromatic rings. The first-order valence-electron chi connectivity index (χ1n) is 15.1. The van der Waals surface area contributed by atoms with Crippen molar-refractivity contribution in [3.8, 4) is 0 Å². The summed E-state index contributed by atoms with van der Waals surface area (Å²) in [5.41, 5.74) is 7.98.